The highest BCUT2D eigenvalue weighted by Crippen LogP contribution is 2.37. The topological polar surface area (TPSA) is 51.1 Å². The maximum atomic E-state index is 13.0. The van der Waals surface area contributed by atoms with Gasteiger partial charge in [0.15, 0.2) is 0 Å². The van der Waals surface area contributed by atoms with Crippen LogP contribution in [-0.4, -0.2) is 10.6 Å². The Labute approximate surface area is 124 Å². The molecule has 0 aliphatic rings. The van der Waals surface area contributed by atoms with E-state index in [1.54, 1.807) is 0 Å². The van der Waals surface area contributed by atoms with E-state index in [1.165, 1.54) is 0 Å². The molecule has 0 bridgehead atoms. The molecule has 2 rings (SSSR count). The van der Waals surface area contributed by atoms with E-state index in [-0.39, 0.29) is 12.1 Å². The van der Waals surface area contributed by atoms with E-state index in [0.29, 0.717) is 16.8 Å². The summed E-state index contributed by atoms with van der Waals surface area (Å²) in [6.07, 6.45) is -9.89. The first-order chi connectivity index (χ1) is 10.4. The van der Waals surface area contributed by atoms with Gasteiger partial charge in [-0.25, -0.2) is 4.68 Å². The summed E-state index contributed by atoms with van der Waals surface area (Å²) < 4.78 is 77.6. The molecule has 0 radical (unpaired) electrons. The highest BCUT2D eigenvalue weighted by molar-refractivity contribution is 5.88. The van der Waals surface area contributed by atoms with Crippen LogP contribution in [-0.2, 0) is 17.1 Å². The van der Waals surface area contributed by atoms with E-state index >= 15 is 0 Å². The minimum absolute atomic E-state index is 0.137. The second-order valence-corrected chi connectivity index (χ2v) is 4.63. The summed E-state index contributed by atoms with van der Waals surface area (Å²) in [5.74, 6) is -0.770. The molecule has 23 heavy (non-hydrogen) atoms. The second-order valence-electron chi connectivity index (χ2n) is 4.63. The fourth-order valence-electron chi connectivity index (χ4n) is 2.01. The number of carbonyl (C=O) groups excluding carboxylic acids is 1. The number of halogens is 6. The van der Waals surface area contributed by atoms with Gasteiger partial charge in [0.2, 0.25) is 5.91 Å². The first kappa shape index (κ1) is 16.8. The van der Waals surface area contributed by atoms with Crippen LogP contribution in [0.2, 0.25) is 0 Å². The molecule has 0 aliphatic heterocycles. The Balaban J connectivity index is 2.91. The van der Waals surface area contributed by atoms with Crippen molar-refractivity contribution in [2.75, 3.05) is 5.43 Å². The first-order valence-electron chi connectivity index (χ1n) is 6.03. The van der Waals surface area contributed by atoms with Gasteiger partial charge in [0.25, 0.3) is 5.56 Å². The van der Waals surface area contributed by atoms with Crippen molar-refractivity contribution in [3.8, 4) is 0 Å². The van der Waals surface area contributed by atoms with E-state index in [0.717, 1.165) is 6.92 Å². The van der Waals surface area contributed by atoms with Crippen molar-refractivity contribution in [2.24, 2.45) is 0 Å². The molecule has 0 unspecified atom stereocenters. The van der Waals surface area contributed by atoms with Crippen LogP contribution in [0.15, 0.2) is 29.1 Å². The number of hydrogen-bond donors (Lipinski definition) is 1. The molecule has 0 saturated carbocycles. The molecule has 0 atom stereocenters. The summed E-state index contributed by atoms with van der Waals surface area (Å²) >= 11 is 0. The third kappa shape index (κ3) is 3.30. The van der Waals surface area contributed by atoms with Crippen LogP contribution < -0.4 is 11.0 Å². The monoisotopic (exact) mass is 338 g/mol. The van der Waals surface area contributed by atoms with Crippen LogP contribution in [0.1, 0.15) is 18.1 Å². The predicted octanol–water partition coefficient (Wildman–Crippen LogP) is 3.13. The van der Waals surface area contributed by atoms with E-state index in [1.807, 2.05) is 5.43 Å². The van der Waals surface area contributed by atoms with Gasteiger partial charge < -0.3 is 0 Å². The zero-order valence-electron chi connectivity index (χ0n) is 11.3. The van der Waals surface area contributed by atoms with Crippen molar-refractivity contribution in [1.82, 2.24) is 4.68 Å². The van der Waals surface area contributed by atoms with Gasteiger partial charge in [0, 0.05) is 18.4 Å². The van der Waals surface area contributed by atoms with Crippen molar-refractivity contribution in [3.63, 3.8) is 0 Å². The lowest BCUT2D eigenvalue weighted by atomic mass is 10.1. The number of alkyl halides is 6. The van der Waals surface area contributed by atoms with Gasteiger partial charge in [-0.15, -0.1) is 0 Å². The average molecular weight is 338 g/mol. The zero-order valence-corrected chi connectivity index (χ0v) is 11.3. The lowest BCUT2D eigenvalue weighted by Gasteiger charge is -2.16. The molecule has 0 aliphatic carbocycles. The highest BCUT2D eigenvalue weighted by Gasteiger charge is 2.36. The fraction of sp³-hybridized carbons (Fsp3) is 0.231. The fourth-order valence-corrected chi connectivity index (χ4v) is 2.01. The van der Waals surface area contributed by atoms with Crippen molar-refractivity contribution in [1.29, 1.82) is 0 Å². The maximum Gasteiger partial charge on any atom is 0.417 e. The molecule has 1 N–H and O–H groups in total. The second kappa shape index (κ2) is 5.28. The molecular weight excluding hydrogens is 330 g/mol. The lowest BCUT2D eigenvalue weighted by molar-refractivity contribution is -0.139. The normalized spacial score (nSPS) is 12.5. The van der Waals surface area contributed by atoms with E-state index in [9.17, 15) is 35.9 Å². The number of aromatic nitrogens is 1. The Morgan fingerprint density at radius 2 is 1.65 bits per heavy atom. The Morgan fingerprint density at radius 3 is 2.13 bits per heavy atom. The summed E-state index contributed by atoms with van der Waals surface area (Å²) in [6, 6.07) is 1.65. The van der Waals surface area contributed by atoms with Gasteiger partial charge in [-0.2, -0.15) is 26.3 Å². The molecule has 0 spiro atoms. The Kier molecular flexibility index (Phi) is 3.87. The van der Waals surface area contributed by atoms with Crippen LogP contribution in [0.4, 0.5) is 26.3 Å². The quantitative estimate of drug-likeness (QED) is 0.813. The van der Waals surface area contributed by atoms with Crippen molar-refractivity contribution in [3.05, 3.63) is 45.7 Å². The zero-order chi connectivity index (χ0) is 17.6. The maximum absolute atomic E-state index is 13.0. The van der Waals surface area contributed by atoms with Crippen LogP contribution in [0.3, 0.4) is 0 Å². The molecule has 1 aromatic carbocycles. The molecule has 1 aromatic heterocycles. The standard InChI is InChI=1S/C13H8F6N2O2/c1-6(22)20-21-10-3-2-7(12(14,15)16)4-8(10)9(5-11(21)23)13(17,18)19/h2-5H,1H3,(H,20,22). The van der Waals surface area contributed by atoms with Gasteiger partial charge in [-0.1, -0.05) is 0 Å². The number of nitrogens with one attached hydrogen (secondary N) is 1. The van der Waals surface area contributed by atoms with Gasteiger partial charge in [0.1, 0.15) is 0 Å². The number of rotatable bonds is 1. The Morgan fingerprint density at radius 1 is 1.04 bits per heavy atom. The van der Waals surface area contributed by atoms with Crippen LogP contribution in [0.25, 0.3) is 10.9 Å². The lowest BCUT2D eigenvalue weighted by Crippen LogP contribution is -2.33. The minimum Gasteiger partial charge on any atom is -0.274 e. The molecule has 4 nitrogen and oxygen atoms in total. The summed E-state index contributed by atoms with van der Waals surface area (Å²) in [4.78, 5) is 22.8. The summed E-state index contributed by atoms with van der Waals surface area (Å²) in [6.45, 7) is 1.00. The van der Waals surface area contributed by atoms with E-state index in [2.05, 4.69) is 0 Å². The number of nitrogens with zero attached hydrogens (tertiary/aromatic N) is 1. The van der Waals surface area contributed by atoms with Crippen LogP contribution in [0.5, 0.6) is 0 Å². The number of fused-ring (bicyclic) bond motifs is 1. The molecule has 1 heterocycles. The first-order valence-corrected chi connectivity index (χ1v) is 6.03. The third-order valence-electron chi connectivity index (χ3n) is 2.92. The Hall–Kier alpha value is -2.52. The number of amides is 1. The van der Waals surface area contributed by atoms with E-state index < -0.39 is 45.8 Å². The van der Waals surface area contributed by atoms with Gasteiger partial charge >= 0.3 is 12.4 Å². The molecule has 0 saturated heterocycles. The summed E-state index contributed by atoms with van der Waals surface area (Å²) in [5, 5.41) is -0.847. The minimum atomic E-state index is -5.03. The Bertz CT molecular complexity index is 835. The van der Waals surface area contributed by atoms with Gasteiger partial charge in [-0.3, -0.25) is 15.0 Å². The molecular formula is C13H8F6N2O2. The van der Waals surface area contributed by atoms with Gasteiger partial charge in [-0.05, 0) is 18.2 Å². The summed E-state index contributed by atoms with van der Waals surface area (Å²) in [5.41, 5.74) is -2.56. The highest BCUT2D eigenvalue weighted by atomic mass is 19.4. The smallest absolute Gasteiger partial charge is 0.274 e. The molecule has 124 valence electrons. The largest absolute Gasteiger partial charge is 0.417 e. The van der Waals surface area contributed by atoms with E-state index in [4.69, 9.17) is 0 Å². The number of benzene rings is 1. The van der Waals surface area contributed by atoms with Crippen molar-refractivity contribution >= 4 is 16.8 Å². The molecule has 2 aromatic rings. The van der Waals surface area contributed by atoms with Gasteiger partial charge in [0.05, 0.1) is 16.6 Å². The van der Waals surface area contributed by atoms with Crippen molar-refractivity contribution in [2.45, 2.75) is 19.3 Å². The third-order valence-corrected chi connectivity index (χ3v) is 2.92. The average Bonchev–Trinajstić information content (AvgIpc) is 2.38. The predicted molar refractivity (Wildman–Crippen MR) is 68.3 cm³/mol. The molecule has 0 fully saturated rings. The molecule has 1 amide bonds. The number of hydrogen-bond acceptors (Lipinski definition) is 2. The number of carbonyl (C=O) groups is 1. The van der Waals surface area contributed by atoms with Crippen LogP contribution in [0, 0.1) is 0 Å². The van der Waals surface area contributed by atoms with Crippen LogP contribution >= 0.6 is 0 Å². The van der Waals surface area contributed by atoms with Crippen molar-refractivity contribution < 1.29 is 31.1 Å². The SMILES string of the molecule is CC(=O)Nn1c(=O)cc(C(F)(F)F)c2cc(C(F)(F)F)ccc21. The number of pyridine rings is 1. The molecule has 10 heteroatoms. The summed E-state index contributed by atoms with van der Waals surface area (Å²) in [7, 11) is 0.